The molecule has 1 saturated heterocycles. The van der Waals surface area contributed by atoms with Gasteiger partial charge in [0.25, 0.3) is 0 Å². The number of likely N-dealkylation sites (tertiary alicyclic amines) is 1. The van der Waals surface area contributed by atoms with Crippen LogP contribution in [-0.4, -0.2) is 35.0 Å². The van der Waals surface area contributed by atoms with Crippen molar-refractivity contribution in [2.45, 2.75) is 57.8 Å². The SMILES string of the molecule is O=C(O)CCCCC(=O)N1CCCC2(CC=CCC2)C1. The lowest BCUT2D eigenvalue weighted by molar-refractivity contribution is -0.138. The van der Waals surface area contributed by atoms with E-state index in [0.717, 1.165) is 32.4 Å². The molecule has 1 N–H and O–H groups in total. The van der Waals surface area contributed by atoms with Crippen LogP contribution in [0.15, 0.2) is 12.2 Å². The van der Waals surface area contributed by atoms with E-state index in [0.29, 0.717) is 24.7 Å². The molecule has 2 rings (SSSR count). The Bertz CT molecular complexity index is 391. The first-order valence-electron chi connectivity index (χ1n) is 7.76. The number of carbonyl (C=O) groups excluding carboxylic acids is 1. The number of hydrogen-bond donors (Lipinski definition) is 1. The second-order valence-corrected chi connectivity index (χ2v) is 6.23. The summed E-state index contributed by atoms with van der Waals surface area (Å²) < 4.78 is 0. The standard InChI is InChI=1S/C16H25NO3/c18-14(7-2-3-8-15(19)20)17-12-6-11-16(13-17)9-4-1-5-10-16/h1,4H,2-3,5-13H2,(H,19,20). The average molecular weight is 279 g/mol. The van der Waals surface area contributed by atoms with Crippen molar-refractivity contribution < 1.29 is 14.7 Å². The molecule has 1 amide bonds. The number of carboxylic acid groups (broad SMARTS) is 1. The number of nitrogens with zero attached hydrogens (tertiary/aromatic N) is 1. The summed E-state index contributed by atoms with van der Waals surface area (Å²) in [7, 11) is 0. The van der Waals surface area contributed by atoms with Crippen LogP contribution in [0.1, 0.15) is 57.8 Å². The fourth-order valence-corrected chi connectivity index (χ4v) is 3.44. The highest BCUT2D eigenvalue weighted by Gasteiger charge is 2.36. The summed E-state index contributed by atoms with van der Waals surface area (Å²) in [6, 6.07) is 0. The molecule has 20 heavy (non-hydrogen) atoms. The van der Waals surface area contributed by atoms with E-state index < -0.39 is 5.97 Å². The van der Waals surface area contributed by atoms with Gasteiger partial charge in [-0.25, -0.2) is 0 Å². The van der Waals surface area contributed by atoms with Crippen LogP contribution in [0.4, 0.5) is 0 Å². The van der Waals surface area contributed by atoms with Crippen LogP contribution in [0, 0.1) is 5.41 Å². The summed E-state index contributed by atoms with van der Waals surface area (Å²) in [5.41, 5.74) is 0.323. The minimum Gasteiger partial charge on any atom is -0.481 e. The Morgan fingerprint density at radius 2 is 1.95 bits per heavy atom. The summed E-state index contributed by atoms with van der Waals surface area (Å²) >= 11 is 0. The van der Waals surface area contributed by atoms with Gasteiger partial charge in [0.15, 0.2) is 0 Å². The van der Waals surface area contributed by atoms with Crippen LogP contribution in [0.3, 0.4) is 0 Å². The second kappa shape index (κ2) is 6.91. The van der Waals surface area contributed by atoms with Gasteiger partial charge >= 0.3 is 5.97 Å². The van der Waals surface area contributed by atoms with Crippen molar-refractivity contribution in [3.8, 4) is 0 Å². The maximum atomic E-state index is 12.2. The van der Waals surface area contributed by atoms with Gasteiger partial charge in [-0.05, 0) is 50.4 Å². The summed E-state index contributed by atoms with van der Waals surface area (Å²) in [5.74, 6) is -0.563. The molecular weight excluding hydrogens is 254 g/mol. The zero-order valence-corrected chi connectivity index (χ0v) is 12.1. The van der Waals surface area contributed by atoms with Crippen LogP contribution in [0.5, 0.6) is 0 Å². The number of hydrogen-bond acceptors (Lipinski definition) is 2. The first kappa shape index (κ1) is 15.1. The van der Waals surface area contributed by atoms with Crippen molar-refractivity contribution in [3.05, 3.63) is 12.2 Å². The molecule has 0 bridgehead atoms. The Labute approximate surface area is 120 Å². The van der Waals surface area contributed by atoms with Gasteiger partial charge in [-0.3, -0.25) is 9.59 Å². The number of carbonyl (C=O) groups is 2. The van der Waals surface area contributed by atoms with Gasteiger partial charge in [-0.1, -0.05) is 12.2 Å². The van der Waals surface area contributed by atoms with Crippen LogP contribution in [-0.2, 0) is 9.59 Å². The molecule has 1 heterocycles. The highest BCUT2D eigenvalue weighted by molar-refractivity contribution is 5.76. The number of unbranched alkanes of at least 4 members (excludes halogenated alkanes) is 1. The van der Waals surface area contributed by atoms with Crippen LogP contribution in [0.2, 0.25) is 0 Å². The molecule has 1 spiro atoms. The monoisotopic (exact) mass is 279 g/mol. The van der Waals surface area contributed by atoms with Gasteiger partial charge < -0.3 is 10.0 Å². The lowest BCUT2D eigenvalue weighted by Crippen LogP contribution is -2.46. The van der Waals surface area contributed by atoms with Crippen molar-refractivity contribution in [3.63, 3.8) is 0 Å². The maximum Gasteiger partial charge on any atom is 0.303 e. The summed E-state index contributed by atoms with van der Waals surface area (Å²) in [6.07, 6.45) is 12.3. The molecule has 112 valence electrons. The average Bonchev–Trinajstić information content (AvgIpc) is 2.44. The van der Waals surface area contributed by atoms with Gasteiger partial charge in [0.2, 0.25) is 5.91 Å². The normalized spacial score (nSPS) is 25.9. The van der Waals surface area contributed by atoms with E-state index in [-0.39, 0.29) is 12.3 Å². The lowest BCUT2D eigenvalue weighted by Gasteiger charge is -2.44. The third kappa shape index (κ3) is 4.09. The van der Waals surface area contributed by atoms with E-state index in [4.69, 9.17) is 5.11 Å². The van der Waals surface area contributed by atoms with E-state index in [2.05, 4.69) is 12.2 Å². The largest absolute Gasteiger partial charge is 0.481 e. The maximum absolute atomic E-state index is 12.2. The molecule has 0 aromatic heterocycles. The van der Waals surface area contributed by atoms with Crippen molar-refractivity contribution >= 4 is 11.9 Å². The minimum absolute atomic E-state index is 0.169. The molecule has 0 aromatic carbocycles. The van der Waals surface area contributed by atoms with E-state index in [1.165, 1.54) is 12.8 Å². The first-order valence-corrected chi connectivity index (χ1v) is 7.76. The molecule has 4 heteroatoms. The van der Waals surface area contributed by atoms with Gasteiger partial charge in [-0.15, -0.1) is 0 Å². The summed E-state index contributed by atoms with van der Waals surface area (Å²) in [6.45, 7) is 1.78. The van der Waals surface area contributed by atoms with Crippen molar-refractivity contribution in [2.24, 2.45) is 5.41 Å². The third-order valence-electron chi connectivity index (χ3n) is 4.60. The second-order valence-electron chi connectivity index (χ2n) is 6.23. The topological polar surface area (TPSA) is 57.6 Å². The third-order valence-corrected chi connectivity index (χ3v) is 4.60. The van der Waals surface area contributed by atoms with Crippen LogP contribution >= 0.6 is 0 Å². The molecule has 4 nitrogen and oxygen atoms in total. The van der Waals surface area contributed by atoms with E-state index >= 15 is 0 Å². The molecule has 1 aliphatic heterocycles. The quantitative estimate of drug-likeness (QED) is 0.621. The molecular formula is C16H25NO3. The Hall–Kier alpha value is -1.32. The number of rotatable bonds is 5. The molecule has 0 aromatic rings. The summed E-state index contributed by atoms with van der Waals surface area (Å²) in [5, 5.41) is 8.59. The molecule has 1 fully saturated rings. The van der Waals surface area contributed by atoms with Gasteiger partial charge in [0.05, 0.1) is 0 Å². The summed E-state index contributed by atoms with van der Waals surface area (Å²) in [4.78, 5) is 24.7. The minimum atomic E-state index is -0.775. The highest BCUT2D eigenvalue weighted by atomic mass is 16.4. The number of piperidine rings is 1. The first-order chi connectivity index (χ1) is 9.61. The van der Waals surface area contributed by atoms with Gasteiger partial charge in [-0.2, -0.15) is 0 Å². The van der Waals surface area contributed by atoms with Gasteiger partial charge in [0.1, 0.15) is 0 Å². The Balaban J connectivity index is 1.78. The molecule has 2 aliphatic rings. The molecule has 1 atom stereocenters. The van der Waals surface area contributed by atoms with Crippen molar-refractivity contribution in [1.29, 1.82) is 0 Å². The fourth-order valence-electron chi connectivity index (χ4n) is 3.44. The number of amides is 1. The number of allylic oxidation sites excluding steroid dienone is 2. The van der Waals surface area contributed by atoms with E-state index in [1.54, 1.807) is 0 Å². The molecule has 0 saturated carbocycles. The highest BCUT2D eigenvalue weighted by Crippen LogP contribution is 2.40. The molecule has 1 unspecified atom stereocenters. The van der Waals surface area contributed by atoms with Crippen LogP contribution in [0.25, 0.3) is 0 Å². The Morgan fingerprint density at radius 1 is 1.15 bits per heavy atom. The van der Waals surface area contributed by atoms with E-state index in [9.17, 15) is 9.59 Å². The smallest absolute Gasteiger partial charge is 0.303 e. The Morgan fingerprint density at radius 3 is 2.65 bits per heavy atom. The van der Waals surface area contributed by atoms with E-state index in [1.807, 2.05) is 4.90 Å². The number of aliphatic carboxylic acids is 1. The zero-order chi connectivity index (χ0) is 14.4. The van der Waals surface area contributed by atoms with Crippen molar-refractivity contribution in [1.82, 2.24) is 4.90 Å². The Kier molecular flexibility index (Phi) is 5.21. The fraction of sp³-hybridized carbons (Fsp3) is 0.750. The zero-order valence-electron chi connectivity index (χ0n) is 12.1. The van der Waals surface area contributed by atoms with Crippen LogP contribution < -0.4 is 0 Å². The molecule has 1 aliphatic carbocycles. The predicted octanol–water partition coefficient (Wildman–Crippen LogP) is 2.98. The number of carboxylic acids is 1. The predicted molar refractivity (Wildman–Crippen MR) is 77.3 cm³/mol. The molecule has 0 radical (unpaired) electrons. The van der Waals surface area contributed by atoms with Gasteiger partial charge in [0, 0.05) is 25.9 Å². The van der Waals surface area contributed by atoms with Crippen molar-refractivity contribution in [2.75, 3.05) is 13.1 Å². The lowest BCUT2D eigenvalue weighted by atomic mass is 9.71.